The van der Waals surface area contributed by atoms with E-state index in [9.17, 15) is 4.79 Å². The summed E-state index contributed by atoms with van der Waals surface area (Å²) >= 11 is 3.28. The third-order valence-corrected chi connectivity index (χ3v) is 5.66. The van der Waals surface area contributed by atoms with Crippen molar-refractivity contribution in [1.29, 1.82) is 0 Å². The van der Waals surface area contributed by atoms with Crippen molar-refractivity contribution in [3.8, 4) is 0 Å². The molecule has 0 radical (unpaired) electrons. The maximum Gasteiger partial charge on any atom is 0.196 e. The number of aryl methyl sites for hydroxylation is 1. The van der Waals surface area contributed by atoms with Gasteiger partial charge in [0.15, 0.2) is 10.5 Å². The van der Waals surface area contributed by atoms with E-state index in [1.54, 1.807) is 23.7 Å². The van der Waals surface area contributed by atoms with E-state index < -0.39 is 0 Å². The molecule has 0 spiro atoms. The van der Waals surface area contributed by atoms with Crippen LogP contribution in [0.2, 0.25) is 0 Å². The second-order valence-electron chi connectivity index (χ2n) is 7.06. The predicted octanol–water partition coefficient (Wildman–Crippen LogP) is 5.62. The van der Waals surface area contributed by atoms with Crippen LogP contribution in [-0.4, -0.2) is 10.5 Å². The highest BCUT2D eigenvalue weighted by Gasteiger charge is 2.19. The molecule has 0 aliphatic rings. The topological polar surface area (TPSA) is 42.2 Å². The molecule has 0 amide bonds. The van der Waals surface area contributed by atoms with Crippen LogP contribution in [0.4, 0.5) is 0 Å². The Balaban J connectivity index is 2.58. The maximum absolute atomic E-state index is 12.8. The molecule has 1 N–H and O–H groups in total. The summed E-state index contributed by atoms with van der Waals surface area (Å²) < 4.78 is 9.78. The molecule has 0 bridgehead atoms. The molecule has 1 atom stereocenters. The predicted molar refractivity (Wildman–Crippen MR) is 107 cm³/mol. The average Bonchev–Trinajstić information content (AvgIpc) is 2.49. The number of rotatable bonds is 5. The SMILES string of the molecule is CCSc1oc2c([C@@H](C)NSC(C)(C)C)cc(C)cc2c(=O)c1C. The number of thioether (sulfide) groups is 1. The molecule has 2 aromatic rings. The van der Waals surface area contributed by atoms with Gasteiger partial charge >= 0.3 is 0 Å². The molecule has 5 heteroatoms. The first-order valence-corrected chi connectivity index (χ1v) is 10.1. The van der Waals surface area contributed by atoms with Crippen LogP contribution in [0.5, 0.6) is 0 Å². The first-order chi connectivity index (χ1) is 11.1. The van der Waals surface area contributed by atoms with E-state index in [0.29, 0.717) is 16.5 Å². The molecule has 132 valence electrons. The monoisotopic (exact) mass is 365 g/mol. The summed E-state index contributed by atoms with van der Waals surface area (Å²) in [4.78, 5) is 12.8. The number of fused-ring (bicyclic) bond motifs is 1. The van der Waals surface area contributed by atoms with Crippen molar-refractivity contribution in [2.75, 3.05) is 5.75 Å². The standard InChI is InChI=1S/C19H27NO2S2/c1-8-23-18-12(3)16(21)15-10-11(2)9-14(17(15)22-18)13(4)20-24-19(5,6)7/h9-10,13,20H,8H2,1-7H3/t13-/m1/s1. The molecule has 0 fully saturated rings. The molecule has 0 aliphatic heterocycles. The normalized spacial score (nSPS) is 13.5. The molecule has 0 saturated heterocycles. The van der Waals surface area contributed by atoms with E-state index in [1.807, 2.05) is 19.9 Å². The van der Waals surface area contributed by atoms with Crippen LogP contribution < -0.4 is 10.2 Å². The van der Waals surface area contributed by atoms with E-state index in [4.69, 9.17) is 4.42 Å². The Kier molecular flexibility index (Phi) is 6.10. The molecule has 24 heavy (non-hydrogen) atoms. The molecule has 0 aliphatic carbocycles. The van der Waals surface area contributed by atoms with Gasteiger partial charge in [-0.15, -0.1) is 0 Å². The van der Waals surface area contributed by atoms with Gasteiger partial charge in [-0.25, -0.2) is 0 Å². The summed E-state index contributed by atoms with van der Waals surface area (Å²) in [6.45, 7) is 14.6. The summed E-state index contributed by atoms with van der Waals surface area (Å²) in [6.07, 6.45) is 0. The minimum atomic E-state index is 0.0767. The van der Waals surface area contributed by atoms with Crippen molar-refractivity contribution >= 4 is 34.7 Å². The Morgan fingerprint density at radius 1 is 1.25 bits per heavy atom. The summed E-state index contributed by atoms with van der Waals surface area (Å²) in [5, 5.41) is 1.41. The minimum absolute atomic E-state index is 0.0767. The van der Waals surface area contributed by atoms with E-state index in [0.717, 1.165) is 22.0 Å². The van der Waals surface area contributed by atoms with Crippen molar-refractivity contribution in [3.63, 3.8) is 0 Å². The summed E-state index contributed by atoms with van der Waals surface area (Å²) in [5.74, 6) is 0.879. The quantitative estimate of drug-likeness (QED) is 0.550. The third kappa shape index (κ3) is 4.38. The van der Waals surface area contributed by atoms with Crippen LogP contribution in [0.3, 0.4) is 0 Å². The Hall–Kier alpha value is -0.910. The lowest BCUT2D eigenvalue weighted by atomic mass is 10.0. The molecule has 0 unspecified atom stereocenters. The zero-order valence-electron chi connectivity index (χ0n) is 15.6. The molecule has 0 saturated carbocycles. The lowest BCUT2D eigenvalue weighted by molar-refractivity contribution is 0.486. The number of hydrogen-bond donors (Lipinski definition) is 1. The van der Waals surface area contributed by atoms with Crippen molar-refractivity contribution in [2.24, 2.45) is 0 Å². The van der Waals surface area contributed by atoms with Gasteiger partial charge in [0.1, 0.15) is 5.58 Å². The van der Waals surface area contributed by atoms with Gasteiger partial charge in [-0.05, 0) is 58.9 Å². The van der Waals surface area contributed by atoms with Crippen LogP contribution in [0.1, 0.15) is 57.4 Å². The summed E-state index contributed by atoms with van der Waals surface area (Å²) in [6, 6.07) is 4.13. The fraction of sp³-hybridized carbons (Fsp3) is 0.526. The summed E-state index contributed by atoms with van der Waals surface area (Å²) in [7, 11) is 0. The Labute approximate surface area is 153 Å². The fourth-order valence-corrected chi connectivity index (χ4v) is 3.84. The molecule has 2 rings (SSSR count). The molecule has 1 heterocycles. The van der Waals surface area contributed by atoms with Gasteiger partial charge in [-0.2, -0.15) is 0 Å². The Bertz CT molecular complexity index is 791. The largest absolute Gasteiger partial charge is 0.449 e. The zero-order chi connectivity index (χ0) is 18.1. The first kappa shape index (κ1) is 19.4. The van der Waals surface area contributed by atoms with Crippen molar-refractivity contribution < 1.29 is 4.42 Å². The zero-order valence-corrected chi connectivity index (χ0v) is 17.2. The highest BCUT2D eigenvalue weighted by atomic mass is 32.2. The van der Waals surface area contributed by atoms with Crippen LogP contribution in [0, 0.1) is 13.8 Å². The van der Waals surface area contributed by atoms with Gasteiger partial charge in [0, 0.05) is 21.9 Å². The second kappa shape index (κ2) is 7.54. The van der Waals surface area contributed by atoms with E-state index >= 15 is 0 Å². The van der Waals surface area contributed by atoms with Crippen LogP contribution in [0.25, 0.3) is 11.0 Å². The van der Waals surface area contributed by atoms with Crippen molar-refractivity contribution in [3.05, 3.63) is 39.0 Å². The molecule has 1 aromatic carbocycles. The lowest BCUT2D eigenvalue weighted by Gasteiger charge is -2.23. The Morgan fingerprint density at radius 3 is 2.50 bits per heavy atom. The molecule has 3 nitrogen and oxygen atoms in total. The second-order valence-corrected chi connectivity index (χ2v) is 9.96. The van der Waals surface area contributed by atoms with Crippen molar-refractivity contribution in [2.45, 2.75) is 64.3 Å². The van der Waals surface area contributed by atoms with Gasteiger partial charge in [0.2, 0.25) is 0 Å². The van der Waals surface area contributed by atoms with Gasteiger partial charge < -0.3 is 4.42 Å². The number of hydrogen-bond acceptors (Lipinski definition) is 5. The van der Waals surface area contributed by atoms with Crippen LogP contribution in [0.15, 0.2) is 26.4 Å². The summed E-state index contributed by atoms with van der Waals surface area (Å²) in [5.41, 5.74) is 3.61. The van der Waals surface area contributed by atoms with Gasteiger partial charge in [-0.3, -0.25) is 9.52 Å². The fourth-order valence-electron chi connectivity index (χ4n) is 2.47. The third-order valence-electron chi connectivity index (χ3n) is 3.63. The lowest BCUT2D eigenvalue weighted by Crippen LogP contribution is -2.20. The number of benzene rings is 1. The van der Waals surface area contributed by atoms with Crippen molar-refractivity contribution in [1.82, 2.24) is 4.72 Å². The van der Waals surface area contributed by atoms with Crippen LogP contribution >= 0.6 is 23.7 Å². The molecular formula is C19H27NO2S2. The highest BCUT2D eigenvalue weighted by Crippen LogP contribution is 2.32. The smallest absolute Gasteiger partial charge is 0.196 e. The van der Waals surface area contributed by atoms with Gasteiger partial charge in [0.25, 0.3) is 0 Å². The maximum atomic E-state index is 12.8. The van der Waals surface area contributed by atoms with Crippen LogP contribution in [-0.2, 0) is 0 Å². The molecule has 1 aromatic heterocycles. The van der Waals surface area contributed by atoms with Gasteiger partial charge in [0.05, 0.1) is 5.39 Å². The highest BCUT2D eigenvalue weighted by molar-refractivity contribution is 7.99. The number of nitrogens with one attached hydrogen (secondary N) is 1. The minimum Gasteiger partial charge on any atom is -0.449 e. The van der Waals surface area contributed by atoms with E-state index in [-0.39, 0.29) is 16.2 Å². The first-order valence-electron chi connectivity index (χ1n) is 8.28. The van der Waals surface area contributed by atoms with Gasteiger partial charge in [-0.1, -0.05) is 36.7 Å². The average molecular weight is 366 g/mol. The van der Waals surface area contributed by atoms with E-state index in [2.05, 4.69) is 45.4 Å². The molecular weight excluding hydrogens is 338 g/mol. The van der Waals surface area contributed by atoms with E-state index in [1.165, 1.54) is 0 Å². The Morgan fingerprint density at radius 2 is 1.92 bits per heavy atom.